The Morgan fingerprint density at radius 3 is 3.00 bits per heavy atom. The molecule has 2 nitrogen and oxygen atoms in total. The molecule has 2 aromatic heterocycles. The van der Waals surface area contributed by atoms with Gasteiger partial charge in [-0.2, -0.15) is 0 Å². The summed E-state index contributed by atoms with van der Waals surface area (Å²) in [6.45, 7) is 4.00. The molecule has 66 valence electrons. The number of hydrogen-bond acceptors (Lipinski definition) is 1. The van der Waals surface area contributed by atoms with Crippen LogP contribution in [0, 0.1) is 5.82 Å². The number of nitrogens with one attached hydrogen (secondary N) is 1. The van der Waals surface area contributed by atoms with Crippen molar-refractivity contribution in [3.63, 3.8) is 0 Å². The summed E-state index contributed by atoms with van der Waals surface area (Å²) in [5, 5.41) is 0.806. The fourth-order valence-electron chi connectivity index (χ4n) is 0.913. The van der Waals surface area contributed by atoms with Crippen LogP contribution in [0.1, 0.15) is 15.3 Å². The van der Waals surface area contributed by atoms with E-state index in [0.717, 1.165) is 11.0 Å². The Hall–Kier alpha value is -1.38. The summed E-state index contributed by atoms with van der Waals surface area (Å²) in [6.07, 6.45) is 2.93. The molecule has 0 saturated heterocycles. The molecule has 0 atom stereocenters. The molecule has 0 aliphatic carbocycles. The van der Waals surface area contributed by atoms with Crippen molar-refractivity contribution in [1.82, 2.24) is 9.97 Å². The van der Waals surface area contributed by atoms with E-state index in [9.17, 15) is 4.39 Å². The third kappa shape index (κ3) is 1.61. The normalized spacial score (nSPS) is 9.25. The SMILES string of the molecule is CC.Fc1cnc2[nH]ccc2c1.[HH]. The van der Waals surface area contributed by atoms with Gasteiger partial charge in [-0.25, -0.2) is 9.37 Å². The number of nitrogens with zero attached hydrogens (tertiary/aromatic N) is 1. The van der Waals surface area contributed by atoms with Crippen molar-refractivity contribution < 1.29 is 5.82 Å². The van der Waals surface area contributed by atoms with Crippen molar-refractivity contribution in [1.29, 1.82) is 0 Å². The van der Waals surface area contributed by atoms with Crippen LogP contribution in [0.5, 0.6) is 0 Å². The van der Waals surface area contributed by atoms with Gasteiger partial charge in [0.05, 0.1) is 6.20 Å². The fraction of sp³-hybridized carbons (Fsp3) is 0.222. The van der Waals surface area contributed by atoms with E-state index in [1.807, 2.05) is 13.8 Å². The number of fused-ring (bicyclic) bond motifs is 1. The van der Waals surface area contributed by atoms with Crippen molar-refractivity contribution in [3.05, 3.63) is 30.3 Å². The number of pyridine rings is 1. The second kappa shape index (κ2) is 3.85. The zero-order chi connectivity index (χ0) is 8.97. The molecule has 0 bridgehead atoms. The number of aromatic nitrogens is 2. The van der Waals surface area contributed by atoms with Crippen LogP contribution in [-0.2, 0) is 0 Å². The summed E-state index contributed by atoms with van der Waals surface area (Å²) >= 11 is 0. The maximum absolute atomic E-state index is 12.4. The second-order valence-electron chi connectivity index (χ2n) is 2.07. The van der Waals surface area contributed by atoms with E-state index in [2.05, 4.69) is 9.97 Å². The fourth-order valence-corrected chi connectivity index (χ4v) is 0.913. The lowest BCUT2D eigenvalue weighted by atomic mass is 10.3. The zero-order valence-electron chi connectivity index (χ0n) is 7.13. The number of H-pyrrole nitrogens is 1. The highest BCUT2D eigenvalue weighted by Crippen LogP contribution is 2.09. The van der Waals surface area contributed by atoms with Crippen LogP contribution in [0.25, 0.3) is 11.0 Å². The van der Waals surface area contributed by atoms with E-state index in [4.69, 9.17) is 0 Å². The highest BCUT2D eigenvalue weighted by atomic mass is 19.1. The van der Waals surface area contributed by atoms with Gasteiger partial charge in [-0.15, -0.1) is 0 Å². The molecule has 0 fully saturated rings. The van der Waals surface area contributed by atoms with Gasteiger partial charge >= 0.3 is 0 Å². The highest BCUT2D eigenvalue weighted by molar-refractivity contribution is 5.74. The maximum Gasteiger partial charge on any atom is 0.142 e. The second-order valence-corrected chi connectivity index (χ2v) is 2.07. The van der Waals surface area contributed by atoms with E-state index < -0.39 is 0 Å². The Balaban J connectivity index is 0.000000451. The van der Waals surface area contributed by atoms with Gasteiger partial charge in [-0.05, 0) is 12.1 Å². The predicted octanol–water partition coefficient (Wildman–Crippen LogP) is 2.97. The molecule has 2 aromatic rings. The lowest BCUT2D eigenvalue weighted by molar-refractivity contribution is 0.624. The number of rotatable bonds is 0. The molecule has 12 heavy (non-hydrogen) atoms. The van der Waals surface area contributed by atoms with Gasteiger partial charge in [0.1, 0.15) is 11.5 Å². The first-order valence-electron chi connectivity index (χ1n) is 3.95. The molecular formula is C9H13FN2. The van der Waals surface area contributed by atoms with Crippen LogP contribution in [0.15, 0.2) is 24.5 Å². The van der Waals surface area contributed by atoms with Crippen LogP contribution >= 0.6 is 0 Å². The Bertz CT molecular complexity index is 359. The average Bonchev–Trinajstić information content (AvgIpc) is 2.54. The monoisotopic (exact) mass is 168 g/mol. The van der Waals surface area contributed by atoms with Crippen LogP contribution in [-0.4, -0.2) is 9.97 Å². The highest BCUT2D eigenvalue weighted by Gasteiger charge is 1.95. The van der Waals surface area contributed by atoms with Gasteiger partial charge in [0.15, 0.2) is 0 Å². The van der Waals surface area contributed by atoms with E-state index >= 15 is 0 Å². The van der Waals surface area contributed by atoms with E-state index in [0.29, 0.717) is 0 Å². The predicted molar refractivity (Wildman–Crippen MR) is 49.5 cm³/mol. The first-order chi connectivity index (χ1) is 5.86. The van der Waals surface area contributed by atoms with Gasteiger partial charge in [0.25, 0.3) is 0 Å². The standard InChI is InChI=1S/C7H5FN2.C2H6.H2/c8-6-3-5-1-2-9-7(5)10-4-6;1-2;/h1-4H,(H,9,10);1-2H3;1H. The van der Waals surface area contributed by atoms with Gasteiger partial charge in [-0.1, -0.05) is 13.8 Å². The first-order valence-corrected chi connectivity index (χ1v) is 3.95. The van der Waals surface area contributed by atoms with Crippen molar-refractivity contribution in [2.24, 2.45) is 0 Å². The number of hydrogen-bond donors (Lipinski definition) is 1. The summed E-state index contributed by atoms with van der Waals surface area (Å²) in [5.41, 5.74) is 0.724. The minimum absolute atomic E-state index is 0. The summed E-state index contributed by atoms with van der Waals surface area (Å²) in [4.78, 5) is 6.68. The molecular weight excluding hydrogens is 155 g/mol. The topological polar surface area (TPSA) is 28.7 Å². The number of aromatic amines is 1. The van der Waals surface area contributed by atoms with Gasteiger partial charge in [0, 0.05) is 13.0 Å². The van der Waals surface area contributed by atoms with Gasteiger partial charge in [-0.3, -0.25) is 0 Å². The molecule has 0 spiro atoms. The molecule has 2 rings (SSSR count). The molecule has 0 aliphatic rings. The lowest BCUT2D eigenvalue weighted by Gasteiger charge is -1.86. The van der Waals surface area contributed by atoms with Crippen molar-refractivity contribution in [3.8, 4) is 0 Å². The molecule has 0 unspecified atom stereocenters. The van der Waals surface area contributed by atoms with Crippen molar-refractivity contribution >= 4 is 11.0 Å². The van der Waals surface area contributed by atoms with Gasteiger partial charge < -0.3 is 4.98 Å². The summed E-state index contributed by atoms with van der Waals surface area (Å²) in [7, 11) is 0. The summed E-state index contributed by atoms with van der Waals surface area (Å²) < 4.78 is 12.4. The molecule has 2 heterocycles. The Morgan fingerprint density at radius 1 is 1.50 bits per heavy atom. The minimum atomic E-state index is -0.299. The van der Waals surface area contributed by atoms with Crippen LogP contribution in [0.2, 0.25) is 0 Å². The summed E-state index contributed by atoms with van der Waals surface area (Å²) in [6, 6.07) is 3.23. The third-order valence-electron chi connectivity index (χ3n) is 1.37. The Labute approximate surface area is 71.9 Å². The van der Waals surface area contributed by atoms with Crippen molar-refractivity contribution in [2.75, 3.05) is 0 Å². The quantitative estimate of drug-likeness (QED) is 0.643. The largest absolute Gasteiger partial charge is 0.346 e. The van der Waals surface area contributed by atoms with E-state index in [1.165, 1.54) is 12.3 Å². The molecule has 0 aromatic carbocycles. The first kappa shape index (κ1) is 8.71. The van der Waals surface area contributed by atoms with Crippen LogP contribution < -0.4 is 0 Å². The zero-order valence-corrected chi connectivity index (χ0v) is 7.13. The van der Waals surface area contributed by atoms with E-state index in [-0.39, 0.29) is 7.24 Å². The third-order valence-corrected chi connectivity index (χ3v) is 1.37. The number of halogens is 1. The van der Waals surface area contributed by atoms with Crippen LogP contribution in [0.3, 0.4) is 0 Å². The van der Waals surface area contributed by atoms with Gasteiger partial charge in [0.2, 0.25) is 0 Å². The molecule has 0 amide bonds. The van der Waals surface area contributed by atoms with Crippen LogP contribution in [0.4, 0.5) is 4.39 Å². The molecule has 0 saturated carbocycles. The minimum Gasteiger partial charge on any atom is -0.346 e. The molecule has 3 heteroatoms. The maximum atomic E-state index is 12.4. The smallest absolute Gasteiger partial charge is 0.142 e. The van der Waals surface area contributed by atoms with E-state index in [1.54, 1.807) is 12.3 Å². The average molecular weight is 168 g/mol. The van der Waals surface area contributed by atoms with Crippen molar-refractivity contribution in [2.45, 2.75) is 13.8 Å². The molecule has 0 aliphatic heterocycles. The Morgan fingerprint density at radius 2 is 2.25 bits per heavy atom. The molecule has 0 radical (unpaired) electrons. The Kier molecular flexibility index (Phi) is 2.80. The summed E-state index contributed by atoms with van der Waals surface area (Å²) in [5.74, 6) is -0.299. The lowest BCUT2D eigenvalue weighted by Crippen LogP contribution is -1.77. The molecule has 1 N–H and O–H groups in total.